The van der Waals surface area contributed by atoms with Gasteiger partial charge in [0.25, 0.3) is 10.0 Å². The molecule has 3 aromatic rings. The van der Waals surface area contributed by atoms with Crippen LogP contribution in [-0.4, -0.2) is 24.0 Å². The van der Waals surface area contributed by atoms with E-state index in [1.807, 2.05) is 0 Å². The number of hydrogen-bond acceptors (Lipinski definition) is 4. The van der Waals surface area contributed by atoms with E-state index < -0.39 is 10.0 Å². The van der Waals surface area contributed by atoms with Gasteiger partial charge in [-0.2, -0.15) is 5.10 Å². The molecule has 0 saturated heterocycles. The van der Waals surface area contributed by atoms with Gasteiger partial charge in [0.05, 0.1) is 16.3 Å². The number of para-hydroxylation sites is 2. The highest BCUT2D eigenvalue weighted by Gasteiger charge is 2.17. The number of aromatic nitrogens is 2. The molecule has 2 aromatic carbocycles. The second-order valence-corrected chi connectivity index (χ2v) is 6.84. The van der Waals surface area contributed by atoms with Crippen molar-refractivity contribution in [2.24, 2.45) is 0 Å². The zero-order valence-corrected chi connectivity index (χ0v) is 13.7. The first-order chi connectivity index (χ1) is 11.5. The lowest BCUT2D eigenvalue weighted by Gasteiger charge is -2.12. The molecule has 1 N–H and O–H groups in total. The lowest BCUT2D eigenvalue weighted by atomic mass is 10.2. The second kappa shape index (κ2) is 6.29. The van der Waals surface area contributed by atoms with Crippen LogP contribution in [0.4, 0.5) is 5.69 Å². The SMILES string of the molecule is CC(=O)c1ccc(S(=O)(=O)Nc2ccccc2-n2cccn2)cc1. The van der Waals surface area contributed by atoms with E-state index in [1.54, 1.807) is 47.4 Å². The van der Waals surface area contributed by atoms with Crippen LogP contribution in [0.5, 0.6) is 0 Å². The fourth-order valence-corrected chi connectivity index (χ4v) is 3.32. The van der Waals surface area contributed by atoms with E-state index in [1.165, 1.54) is 31.2 Å². The van der Waals surface area contributed by atoms with Gasteiger partial charge < -0.3 is 0 Å². The molecule has 0 radical (unpaired) electrons. The summed E-state index contributed by atoms with van der Waals surface area (Å²) in [7, 11) is -3.77. The van der Waals surface area contributed by atoms with Gasteiger partial charge in [0, 0.05) is 18.0 Å². The maximum absolute atomic E-state index is 12.6. The van der Waals surface area contributed by atoms with Crippen LogP contribution >= 0.6 is 0 Å². The largest absolute Gasteiger partial charge is 0.295 e. The monoisotopic (exact) mass is 341 g/mol. The number of anilines is 1. The summed E-state index contributed by atoms with van der Waals surface area (Å²) >= 11 is 0. The number of benzene rings is 2. The molecule has 0 bridgehead atoms. The minimum absolute atomic E-state index is 0.0859. The van der Waals surface area contributed by atoms with Crippen molar-refractivity contribution in [3.05, 3.63) is 72.6 Å². The second-order valence-electron chi connectivity index (χ2n) is 5.15. The van der Waals surface area contributed by atoms with Crippen molar-refractivity contribution in [3.8, 4) is 5.69 Å². The minimum Gasteiger partial charge on any atom is -0.295 e. The summed E-state index contributed by atoms with van der Waals surface area (Å²) in [5.74, 6) is -0.115. The zero-order valence-electron chi connectivity index (χ0n) is 12.9. The minimum atomic E-state index is -3.77. The van der Waals surface area contributed by atoms with E-state index in [9.17, 15) is 13.2 Å². The van der Waals surface area contributed by atoms with Crippen molar-refractivity contribution in [2.45, 2.75) is 11.8 Å². The Bertz CT molecular complexity index is 963. The van der Waals surface area contributed by atoms with Gasteiger partial charge in [-0.1, -0.05) is 24.3 Å². The third kappa shape index (κ3) is 3.21. The van der Waals surface area contributed by atoms with Crippen molar-refractivity contribution in [3.63, 3.8) is 0 Å². The highest BCUT2D eigenvalue weighted by molar-refractivity contribution is 7.92. The lowest BCUT2D eigenvalue weighted by molar-refractivity contribution is 0.101. The third-order valence-electron chi connectivity index (χ3n) is 3.47. The van der Waals surface area contributed by atoms with Crippen molar-refractivity contribution < 1.29 is 13.2 Å². The number of carbonyl (C=O) groups excluding carboxylic acids is 1. The van der Waals surface area contributed by atoms with E-state index >= 15 is 0 Å². The van der Waals surface area contributed by atoms with Gasteiger partial charge in [-0.15, -0.1) is 0 Å². The fourth-order valence-electron chi connectivity index (χ4n) is 2.24. The lowest BCUT2D eigenvalue weighted by Crippen LogP contribution is -2.15. The normalized spacial score (nSPS) is 11.2. The van der Waals surface area contributed by atoms with Crippen LogP contribution in [0, 0.1) is 0 Å². The molecule has 1 aromatic heterocycles. The summed E-state index contributed by atoms with van der Waals surface area (Å²) in [5, 5.41) is 4.13. The van der Waals surface area contributed by atoms with Gasteiger partial charge >= 0.3 is 0 Å². The van der Waals surface area contributed by atoms with Crippen LogP contribution in [0.15, 0.2) is 71.9 Å². The van der Waals surface area contributed by atoms with Gasteiger partial charge in [0.1, 0.15) is 0 Å². The van der Waals surface area contributed by atoms with Gasteiger partial charge in [0.15, 0.2) is 5.78 Å². The zero-order chi connectivity index (χ0) is 17.2. The Balaban J connectivity index is 1.94. The van der Waals surface area contributed by atoms with Crippen LogP contribution in [-0.2, 0) is 10.0 Å². The number of nitrogens with zero attached hydrogens (tertiary/aromatic N) is 2. The predicted molar refractivity (Wildman–Crippen MR) is 90.8 cm³/mol. The maximum atomic E-state index is 12.6. The Hall–Kier alpha value is -2.93. The fraction of sp³-hybridized carbons (Fsp3) is 0.0588. The Morgan fingerprint density at radius 3 is 2.38 bits per heavy atom. The van der Waals surface area contributed by atoms with Gasteiger partial charge in [-0.3, -0.25) is 9.52 Å². The quantitative estimate of drug-likeness (QED) is 0.724. The average Bonchev–Trinajstić information content (AvgIpc) is 3.09. The van der Waals surface area contributed by atoms with Gasteiger partial charge in [-0.25, -0.2) is 13.1 Å². The molecular weight excluding hydrogens is 326 g/mol. The number of hydrogen-bond donors (Lipinski definition) is 1. The molecule has 0 fully saturated rings. The molecule has 6 nitrogen and oxygen atoms in total. The Labute approximate surface area is 139 Å². The van der Waals surface area contributed by atoms with Crippen molar-refractivity contribution in [1.82, 2.24) is 9.78 Å². The first kappa shape index (κ1) is 15.9. The van der Waals surface area contributed by atoms with Crippen LogP contribution in [0.1, 0.15) is 17.3 Å². The van der Waals surface area contributed by atoms with Crippen LogP contribution in [0.3, 0.4) is 0 Å². The predicted octanol–water partition coefficient (Wildman–Crippen LogP) is 2.88. The Kier molecular flexibility index (Phi) is 4.18. The number of nitrogens with one attached hydrogen (secondary N) is 1. The molecule has 0 aliphatic carbocycles. The molecule has 0 aliphatic heterocycles. The number of sulfonamides is 1. The third-order valence-corrected chi connectivity index (χ3v) is 4.85. The molecule has 1 heterocycles. The molecule has 0 amide bonds. The summed E-state index contributed by atoms with van der Waals surface area (Å²) in [4.78, 5) is 11.4. The molecule has 0 atom stereocenters. The molecule has 3 rings (SSSR count). The molecule has 7 heteroatoms. The number of ketones is 1. The number of Topliss-reactive ketones (excluding diaryl/α,β-unsaturated/α-hetero) is 1. The van der Waals surface area contributed by atoms with E-state index in [0.717, 1.165) is 0 Å². The highest BCUT2D eigenvalue weighted by atomic mass is 32.2. The summed E-state index contributed by atoms with van der Waals surface area (Å²) < 4.78 is 29.3. The van der Waals surface area contributed by atoms with Crippen LogP contribution in [0.25, 0.3) is 5.69 Å². The first-order valence-electron chi connectivity index (χ1n) is 7.20. The van der Waals surface area contributed by atoms with E-state index in [2.05, 4.69) is 9.82 Å². The van der Waals surface area contributed by atoms with Crippen molar-refractivity contribution in [2.75, 3.05) is 4.72 Å². The molecular formula is C17H15N3O3S. The topological polar surface area (TPSA) is 81.1 Å². The average molecular weight is 341 g/mol. The molecule has 24 heavy (non-hydrogen) atoms. The molecule has 0 saturated carbocycles. The summed E-state index contributed by atoms with van der Waals surface area (Å²) in [6.07, 6.45) is 3.35. The Morgan fingerprint density at radius 1 is 1.04 bits per heavy atom. The van der Waals surface area contributed by atoms with E-state index in [0.29, 0.717) is 16.9 Å². The maximum Gasteiger partial charge on any atom is 0.261 e. The van der Waals surface area contributed by atoms with E-state index in [4.69, 9.17) is 0 Å². The molecule has 122 valence electrons. The summed E-state index contributed by atoms with van der Waals surface area (Å²) in [6.45, 7) is 1.43. The van der Waals surface area contributed by atoms with Crippen LogP contribution in [0.2, 0.25) is 0 Å². The molecule has 0 unspecified atom stereocenters. The highest BCUT2D eigenvalue weighted by Crippen LogP contribution is 2.23. The smallest absolute Gasteiger partial charge is 0.261 e. The molecule has 0 spiro atoms. The first-order valence-corrected chi connectivity index (χ1v) is 8.68. The molecule has 0 aliphatic rings. The van der Waals surface area contributed by atoms with Gasteiger partial charge in [0.2, 0.25) is 0 Å². The van der Waals surface area contributed by atoms with E-state index in [-0.39, 0.29) is 10.7 Å². The standard InChI is InChI=1S/C17H15N3O3S/c1-13(21)14-7-9-15(10-8-14)24(22,23)19-16-5-2-3-6-17(16)20-12-4-11-18-20/h2-12,19H,1H3. The van der Waals surface area contributed by atoms with Crippen LogP contribution < -0.4 is 4.72 Å². The summed E-state index contributed by atoms with van der Waals surface area (Å²) in [5.41, 5.74) is 1.49. The van der Waals surface area contributed by atoms with Gasteiger partial charge in [-0.05, 0) is 37.3 Å². The van der Waals surface area contributed by atoms with Crippen molar-refractivity contribution in [1.29, 1.82) is 0 Å². The van der Waals surface area contributed by atoms with Crippen molar-refractivity contribution >= 4 is 21.5 Å². The Morgan fingerprint density at radius 2 is 1.75 bits per heavy atom. The number of rotatable bonds is 5. The number of carbonyl (C=O) groups is 1. The summed E-state index contributed by atoms with van der Waals surface area (Å²) in [6, 6.07) is 14.5.